The molecule has 2 amide bonds. The van der Waals surface area contributed by atoms with Crippen molar-refractivity contribution in [3.63, 3.8) is 0 Å². The Morgan fingerprint density at radius 1 is 1.41 bits per heavy atom. The molecule has 3 rings (SSSR count). The highest BCUT2D eigenvalue weighted by Crippen LogP contribution is 2.55. The van der Waals surface area contributed by atoms with E-state index in [-0.39, 0.29) is 28.3 Å². The first-order valence-electron chi connectivity index (χ1n) is 9.12. The van der Waals surface area contributed by atoms with Crippen LogP contribution in [-0.2, 0) is 14.3 Å². The lowest BCUT2D eigenvalue weighted by molar-refractivity contribution is -0.157. The molecule has 27 heavy (non-hydrogen) atoms. The molecule has 150 valence electrons. The molecule has 2 N–H and O–H groups in total. The van der Waals surface area contributed by atoms with Gasteiger partial charge in [0.15, 0.2) is 5.70 Å². The van der Waals surface area contributed by atoms with Gasteiger partial charge in [0.2, 0.25) is 5.91 Å². The molecule has 0 bridgehead atoms. The number of carbonyl (C=O) groups excluding carboxylic acids is 2. The first-order valence-corrected chi connectivity index (χ1v) is 10.9. The fraction of sp³-hybridized carbons (Fsp3) is 0.706. The molecule has 0 unspecified atom stereocenters. The van der Waals surface area contributed by atoms with Crippen molar-refractivity contribution in [3.8, 4) is 0 Å². The molecule has 4 atom stereocenters. The zero-order chi connectivity index (χ0) is 19.7. The molecule has 3 aliphatic rings. The third kappa shape index (κ3) is 3.79. The fourth-order valence-corrected chi connectivity index (χ4v) is 6.70. The molecule has 0 spiro atoms. The number of aliphatic carboxylic acids is 1. The fourth-order valence-electron chi connectivity index (χ4n) is 3.42. The van der Waals surface area contributed by atoms with Gasteiger partial charge in [-0.05, 0) is 19.3 Å². The molecule has 2 fully saturated rings. The third-order valence-corrected chi connectivity index (χ3v) is 7.74. The minimum atomic E-state index is -1.14. The summed E-state index contributed by atoms with van der Waals surface area (Å²) in [6, 6.07) is 0. The van der Waals surface area contributed by atoms with Gasteiger partial charge >= 0.3 is 12.1 Å². The van der Waals surface area contributed by atoms with Crippen molar-refractivity contribution >= 4 is 41.5 Å². The van der Waals surface area contributed by atoms with Gasteiger partial charge in [0, 0.05) is 18.3 Å². The first-order chi connectivity index (χ1) is 12.9. The highest BCUT2D eigenvalue weighted by Gasteiger charge is 2.58. The van der Waals surface area contributed by atoms with Crippen LogP contribution in [0.2, 0.25) is 0 Å². The number of carboxylic acids is 1. The number of carboxylic acid groups (broad SMARTS) is 1. The average Bonchev–Trinajstić information content (AvgIpc) is 3.23. The predicted molar refractivity (Wildman–Crippen MR) is 102 cm³/mol. The number of ether oxygens (including phenoxy) is 1. The van der Waals surface area contributed by atoms with Gasteiger partial charge in [0.1, 0.15) is 5.37 Å². The Morgan fingerprint density at radius 3 is 2.78 bits per heavy atom. The molecule has 8 nitrogen and oxygen atoms in total. The highest BCUT2D eigenvalue weighted by atomic mass is 32.2. The van der Waals surface area contributed by atoms with Gasteiger partial charge < -0.3 is 19.8 Å². The first kappa shape index (κ1) is 20.3. The summed E-state index contributed by atoms with van der Waals surface area (Å²) in [5, 5.41) is 19.4. The van der Waals surface area contributed by atoms with Crippen LogP contribution in [0.5, 0.6) is 0 Å². The Hall–Kier alpha value is -1.39. The number of nitrogens with zero attached hydrogens (tertiary/aromatic N) is 2. The zero-order valence-corrected chi connectivity index (χ0v) is 16.9. The van der Waals surface area contributed by atoms with Crippen LogP contribution in [0.15, 0.2) is 9.93 Å². The maximum atomic E-state index is 12.4. The number of aliphatic hydroxyl groups is 1. The van der Waals surface area contributed by atoms with Crippen LogP contribution >= 0.6 is 23.5 Å². The van der Waals surface area contributed by atoms with E-state index in [2.05, 4.69) is 0 Å². The number of rotatable bonds is 7. The quantitative estimate of drug-likeness (QED) is 0.606. The van der Waals surface area contributed by atoms with Crippen LogP contribution in [0.1, 0.15) is 33.1 Å². The topological polar surface area (TPSA) is 107 Å². The standard InChI is InChI=1S/C17H24N2O6S2/c1-3-7-25-17(24)18-6-5-9(8-18)26-16-12(15(22)23)19-13(21)11(10(20)4-2)14(19)27-16/h9-11,14,20H,3-8H2,1-2H3,(H,22,23)/t9-,10-,11+,14+/m0/s1. The second kappa shape index (κ2) is 8.32. The maximum Gasteiger partial charge on any atom is 0.409 e. The van der Waals surface area contributed by atoms with E-state index < -0.39 is 18.0 Å². The van der Waals surface area contributed by atoms with Crippen molar-refractivity contribution in [2.75, 3.05) is 19.7 Å². The van der Waals surface area contributed by atoms with E-state index in [1.54, 1.807) is 11.8 Å². The number of fused-ring (bicyclic) bond motifs is 1. The van der Waals surface area contributed by atoms with E-state index >= 15 is 0 Å². The molecular formula is C17H24N2O6S2. The lowest BCUT2D eigenvalue weighted by Gasteiger charge is -2.44. The minimum Gasteiger partial charge on any atom is -0.477 e. The van der Waals surface area contributed by atoms with Crippen LogP contribution in [0, 0.1) is 5.92 Å². The lowest BCUT2D eigenvalue weighted by atomic mass is 9.90. The number of carbonyl (C=O) groups is 3. The smallest absolute Gasteiger partial charge is 0.409 e. The van der Waals surface area contributed by atoms with E-state index in [0.29, 0.717) is 30.4 Å². The number of amides is 2. The molecule has 0 aromatic rings. The van der Waals surface area contributed by atoms with Crippen molar-refractivity contribution in [2.45, 2.75) is 49.8 Å². The molecule has 0 radical (unpaired) electrons. The number of hydrogen-bond donors (Lipinski definition) is 2. The van der Waals surface area contributed by atoms with Gasteiger partial charge in [-0.25, -0.2) is 9.59 Å². The van der Waals surface area contributed by atoms with Gasteiger partial charge in [-0.3, -0.25) is 9.69 Å². The van der Waals surface area contributed by atoms with Crippen LogP contribution in [0.25, 0.3) is 0 Å². The van der Waals surface area contributed by atoms with E-state index in [0.717, 1.165) is 12.8 Å². The summed E-state index contributed by atoms with van der Waals surface area (Å²) in [5.41, 5.74) is 0.00608. The van der Waals surface area contributed by atoms with Crippen molar-refractivity contribution in [1.82, 2.24) is 9.80 Å². The van der Waals surface area contributed by atoms with Crippen molar-refractivity contribution in [2.24, 2.45) is 5.92 Å². The Bertz CT molecular complexity index is 670. The summed E-state index contributed by atoms with van der Waals surface area (Å²) in [7, 11) is 0. The molecule has 3 heterocycles. The van der Waals surface area contributed by atoms with Crippen LogP contribution in [0.3, 0.4) is 0 Å². The second-order valence-electron chi connectivity index (χ2n) is 6.75. The molecular weight excluding hydrogens is 392 g/mol. The van der Waals surface area contributed by atoms with E-state index in [1.165, 1.54) is 28.4 Å². The Kier molecular flexibility index (Phi) is 6.27. The number of likely N-dealkylation sites (tertiary alicyclic amines) is 1. The average molecular weight is 417 g/mol. The molecule has 0 aromatic carbocycles. The van der Waals surface area contributed by atoms with Gasteiger partial charge in [-0.2, -0.15) is 0 Å². The van der Waals surface area contributed by atoms with Crippen LogP contribution in [0.4, 0.5) is 4.79 Å². The summed E-state index contributed by atoms with van der Waals surface area (Å²) >= 11 is 2.74. The second-order valence-corrected chi connectivity index (χ2v) is 9.44. The molecule has 0 saturated carbocycles. The number of aliphatic hydroxyl groups excluding tert-OH is 1. The summed E-state index contributed by atoms with van der Waals surface area (Å²) < 4.78 is 5.73. The summed E-state index contributed by atoms with van der Waals surface area (Å²) in [6.07, 6.45) is 0.850. The van der Waals surface area contributed by atoms with Crippen LogP contribution < -0.4 is 0 Å². The van der Waals surface area contributed by atoms with E-state index in [4.69, 9.17) is 4.74 Å². The monoisotopic (exact) mass is 416 g/mol. The summed E-state index contributed by atoms with van der Waals surface area (Å²) in [6.45, 7) is 5.18. The summed E-state index contributed by atoms with van der Waals surface area (Å²) in [4.78, 5) is 39.0. The maximum absolute atomic E-state index is 12.4. The van der Waals surface area contributed by atoms with Crippen molar-refractivity contribution in [3.05, 3.63) is 9.93 Å². The molecule has 0 aliphatic carbocycles. The normalized spacial score (nSPS) is 28.3. The number of β-lactam (4-membered cyclic amide) rings is 1. The van der Waals surface area contributed by atoms with E-state index in [1.807, 2.05) is 6.92 Å². The predicted octanol–water partition coefficient (Wildman–Crippen LogP) is 1.90. The number of hydrogen-bond acceptors (Lipinski definition) is 7. The van der Waals surface area contributed by atoms with Gasteiger partial charge in [-0.15, -0.1) is 11.8 Å². The number of thioether (sulfide) groups is 2. The van der Waals surface area contributed by atoms with E-state index in [9.17, 15) is 24.6 Å². The third-order valence-electron chi connectivity index (χ3n) is 4.89. The van der Waals surface area contributed by atoms with Crippen molar-refractivity contribution < 1.29 is 29.3 Å². The highest BCUT2D eigenvalue weighted by molar-refractivity contribution is 8.23. The molecule has 10 heteroatoms. The van der Waals surface area contributed by atoms with Gasteiger partial charge in [-0.1, -0.05) is 25.6 Å². The lowest BCUT2D eigenvalue weighted by Crippen LogP contribution is -2.61. The molecule has 2 saturated heterocycles. The Morgan fingerprint density at radius 2 is 2.15 bits per heavy atom. The van der Waals surface area contributed by atoms with Crippen LogP contribution in [-0.4, -0.2) is 74.4 Å². The molecule has 0 aromatic heterocycles. The largest absolute Gasteiger partial charge is 0.477 e. The Labute approximate surface area is 166 Å². The SMILES string of the molecule is CCCOC(=O)N1CC[C@H](SC2=C(C(=O)O)N3C(=O)[C@@H]([C@@H](O)CC)[C@H]3S2)C1. The molecule has 3 aliphatic heterocycles. The summed E-state index contributed by atoms with van der Waals surface area (Å²) in [5.74, 6) is -2.02. The minimum absolute atomic E-state index is 0.00608. The van der Waals surface area contributed by atoms with Gasteiger partial charge in [0.25, 0.3) is 0 Å². The van der Waals surface area contributed by atoms with Crippen molar-refractivity contribution in [1.29, 1.82) is 0 Å². The van der Waals surface area contributed by atoms with Gasteiger partial charge in [0.05, 0.1) is 22.9 Å². The Balaban J connectivity index is 1.66. The zero-order valence-electron chi connectivity index (χ0n) is 15.3.